The van der Waals surface area contributed by atoms with E-state index in [9.17, 15) is 0 Å². The highest BCUT2D eigenvalue weighted by atomic mass is 35.5. The number of ether oxygens (including phenoxy) is 1. The Morgan fingerprint density at radius 1 is 1.44 bits per heavy atom. The lowest BCUT2D eigenvalue weighted by atomic mass is 9.77. The third-order valence-electron chi connectivity index (χ3n) is 3.33. The Hall–Kier alpha value is -0.730. The summed E-state index contributed by atoms with van der Waals surface area (Å²) in [6.45, 7) is 2.71. The highest BCUT2D eigenvalue weighted by Gasteiger charge is 2.38. The molecule has 1 aliphatic rings. The van der Waals surface area contributed by atoms with Crippen molar-refractivity contribution in [3.05, 3.63) is 28.8 Å². The molecule has 2 N–H and O–H groups in total. The van der Waals surface area contributed by atoms with Gasteiger partial charge in [-0.15, -0.1) is 0 Å². The summed E-state index contributed by atoms with van der Waals surface area (Å²) < 4.78 is 6.13. The molecule has 1 aliphatic carbocycles. The smallest absolute Gasteiger partial charge is 0.123 e. The van der Waals surface area contributed by atoms with E-state index >= 15 is 0 Å². The van der Waals surface area contributed by atoms with E-state index in [2.05, 4.69) is 0 Å². The van der Waals surface area contributed by atoms with E-state index in [-0.39, 0.29) is 5.60 Å². The van der Waals surface area contributed by atoms with E-state index < -0.39 is 0 Å². The second-order valence-electron chi connectivity index (χ2n) is 4.59. The first-order valence-electron chi connectivity index (χ1n) is 5.80. The second-order valence-corrected chi connectivity index (χ2v) is 5.02. The molecule has 2 rings (SSSR count). The average molecular weight is 240 g/mol. The van der Waals surface area contributed by atoms with Crippen LogP contribution >= 0.6 is 11.6 Å². The van der Waals surface area contributed by atoms with Crippen LogP contribution in [0.3, 0.4) is 0 Å². The Kier molecular flexibility index (Phi) is 3.41. The molecule has 3 heteroatoms. The zero-order valence-corrected chi connectivity index (χ0v) is 10.4. The Balaban J connectivity index is 2.13. The monoisotopic (exact) mass is 239 g/mol. The quantitative estimate of drug-likeness (QED) is 0.875. The van der Waals surface area contributed by atoms with Crippen molar-refractivity contribution in [1.82, 2.24) is 0 Å². The third kappa shape index (κ3) is 2.33. The van der Waals surface area contributed by atoms with Crippen LogP contribution < -0.4 is 10.5 Å². The molecule has 0 spiro atoms. The van der Waals surface area contributed by atoms with Crippen molar-refractivity contribution in [1.29, 1.82) is 0 Å². The average Bonchev–Trinajstić information content (AvgIpc) is 2.18. The lowest BCUT2D eigenvalue weighted by Gasteiger charge is -2.42. The molecule has 2 nitrogen and oxygen atoms in total. The van der Waals surface area contributed by atoms with Gasteiger partial charge in [0.2, 0.25) is 0 Å². The zero-order valence-electron chi connectivity index (χ0n) is 9.63. The number of aryl methyl sites for hydroxylation is 1. The van der Waals surface area contributed by atoms with Crippen LogP contribution in [0.4, 0.5) is 0 Å². The molecule has 0 unspecified atom stereocenters. The van der Waals surface area contributed by atoms with Gasteiger partial charge in [0.15, 0.2) is 0 Å². The summed E-state index contributed by atoms with van der Waals surface area (Å²) in [6, 6.07) is 5.76. The molecule has 0 aliphatic heterocycles. The maximum atomic E-state index is 6.13. The van der Waals surface area contributed by atoms with Gasteiger partial charge in [-0.25, -0.2) is 0 Å². The topological polar surface area (TPSA) is 35.2 Å². The Labute approximate surface area is 102 Å². The van der Waals surface area contributed by atoms with E-state index in [1.807, 2.05) is 25.1 Å². The van der Waals surface area contributed by atoms with Crippen molar-refractivity contribution < 1.29 is 4.74 Å². The van der Waals surface area contributed by atoms with Gasteiger partial charge in [0.05, 0.1) is 0 Å². The number of benzene rings is 1. The SMILES string of the molecule is Cc1cc(Cl)ccc1OC1(CCN)CCC1. The van der Waals surface area contributed by atoms with Crippen LogP contribution in [-0.2, 0) is 0 Å². The van der Waals surface area contributed by atoms with Crippen LogP contribution in [0.1, 0.15) is 31.2 Å². The minimum atomic E-state index is -0.00661. The first kappa shape index (κ1) is 11.7. The predicted molar refractivity (Wildman–Crippen MR) is 67.1 cm³/mol. The van der Waals surface area contributed by atoms with Crippen LogP contribution in [-0.4, -0.2) is 12.1 Å². The van der Waals surface area contributed by atoms with Gasteiger partial charge in [-0.2, -0.15) is 0 Å². The molecule has 1 fully saturated rings. The highest BCUT2D eigenvalue weighted by molar-refractivity contribution is 6.30. The van der Waals surface area contributed by atoms with Gasteiger partial charge in [0, 0.05) is 5.02 Å². The highest BCUT2D eigenvalue weighted by Crippen LogP contribution is 2.40. The summed E-state index contributed by atoms with van der Waals surface area (Å²) in [7, 11) is 0. The van der Waals surface area contributed by atoms with Crippen molar-refractivity contribution in [3.63, 3.8) is 0 Å². The zero-order chi connectivity index (χ0) is 11.6. The van der Waals surface area contributed by atoms with Gasteiger partial charge >= 0.3 is 0 Å². The molecule has 0 atom stereocenters. The number of hydrogen-bond acceptors (Lipinski definition) is 2. The fourth-order valence-electron chi connectivity index (χ4n) is 2.20. The van der Waals surface area contributed by atoms with Crippen molar-refractivity contribution in [2.75, 3.05) is 6.54 Å². The largest absolute Gasteiger partial charge is 0.487 e. The van der Waals surface area contributed by atoms with Crippen molar-refractivity contribution in [2.24, 2.45) is 5.73 Å². The Morgan fingerprint density at radius 2 is 2.19 bits per heavy atom. The van der Waals surface area contributed by atoms with E-state index in [1.165, 1.54) is 6.42 Å². The summed E-state index contributed by atoms with van der Waals surface area (Å²) in [5.74, 6) is 0.942. The third-order valence-corrected chi connectivity index (χ3v) is 3.56. The molecule has 0 saturated heterocycles. The van der Waals surface area contributed by atoms with E-state index in [0.29, 0.717) is 6.54 Å². The molecule has 0 aromatic heterocycles. The van der Waals surface area contributed by atoms with Gasteiger partial charge in [0.25, 0.3) is 0 Å². The minimum absolute atomic E-state index is 0.00661. The lowest BCUT2D eigenvalue weighted by molar-refractivity contribution is -0.0130. The molecule has 0 amide bonds. The Bertz CT molecular complexity index is 374. The summed E-state index contributed by atoms with van der Waals surface area (Å²) in [6.07, 6.45) is 4.42. The van der Waals surface area contributed by atoms with Gasteiger partial charge in [-0.05, 0) is 62.9 Å². The van der Waals surface area contributed by atoms with E-state index in [0.717, 1.165) is 35.6 Å². The maximum absolute atomic E-state index is 6.13. The molecule has 1 saturated carbocycles. The molecule has 0 radical (unpaired) electrons. The molecule has 1 aromatic rings. The predicted octanol–water partition coefficient (Wildman–Crippen LogP) is 3.30. The molecule has 88 valence electrons. The van der Waals surface area contributed by atoms with Crippen LogP contribution in [0, 0.1) is 6.92 Å². The first-order valence-corrected chi connectivity index (χ1v) is 6.18. The van der Waals surface area contributed by atoms with Gasteiger partial charge < -0.3 is 10.5 Å². The fraction of sp³-hybridized carbons (Fsp3) is 0.538. The molecule has 1 aromatic carbocycles. The summed E-state index contributed by atoms with van der Waals surface area (Å²) >= 11 is 5.92. The van der Waals surface area contributed by atoms with Crippen LogP contribution in [0.2, 0.25) is 5.02 Å². The van der Waals surface area contributed by atoms with Crippen LogP contribution in [0.5, 0.6) is 5.75 Å². The normalized spacial score (nSPS) is 17.9. The standard InChI is InChI=1S/C13H18ClNO/c1-10-9-11(14)3-4-12(10)16-13(7-8-15)5-2-6-13/h3-4,9H,2,5-8,15H2,1H3. The summed E-state index contributed by atoms with van der Waals surface area (Å²) in [5, 5.41) is 0.756. The summed E-state index contributed by atoms with van der Waals surface area (Å²) in [5.41, 5.74) is 6.73. The second kappa shape index (κ2) is 4.64. The molecular formula is C13H18ClNO. The molecule has 16 heavy (non-hydrogen) atoms. The first-order chi connectivity index (χ1) is 7.65. The number of hydrogen-bond donors (Lipinski definition) is 1. The van der Waals surface area contributed by atoms with Gasteiger partial charge in [-0.3, -0.25) is 0 Å². The van der Waals surface area contributed by atoms with Crippen LogP contribution in [0.15, 0.2) is 18.2 Å². The molecule has 0 bridgehead atoms. The number of nitrogens with two attached hydrogens (primary N) is 1. The van der Waals surface area contributed by atoms with E-state index in [4.69, 9.17) is 22.1 Å². The lowest BCUT2D eigenvalue weighted by Crippen LogP contribution is -2.44. The maximum Gasteiger partial charge on any atom is 0.123 e. The van der Waals surface area contributed by atoms with Crippen molar-refractivity contribution in [2.45, 2.75) is 38.2 Å². The number of halogens is 1. The van der Waals surface area contributed by atoms with Crippen LogP contribution in [0.25, 0.3) is 0 Å². The molecule has 0 heterocycles. The molecular weight excluding hydrogens is 222 g/mol. The number of rotatable bonds is 4. The van der Waals surface area contributed by atoms with Crippen molar-refractivity contribution >= 4 is 11.6 Å². The van der Waals surface area contributed by atoms with Crippen molar-refractivity contribution in [3.8, 4) is 5.75 Å². The summed E-state index contributed by atoms with van der Waals surface area (Å²) in [4.78, 5) is 0. The fourth-order valence-corrected chi connectivity index (χ4v) is 2.42. The minimum Gasteiger partial charge on any atom is -0.487 e. The van der Waals surface area contributed by atoms with E-state index in [1.54, 1.807) is 0 Å². The van der Waals surface area contributed by atoms with Gasteiger partial charge in [0.1, 0.15) is 11.4 Å². The Morgan fingerprint density at radius 3 is 2.69 bits per heavy atom. The van der Waals surface area contributed by atoms with Gasteiger partial charge in [-0.1, -0.05) is 11.6 Å².